The Labute approximate surface area is 107 Å². The third-order valence-electron chi connectivity index (χ3n) is 3.20. The summed E-state index contributed by atoms with van der Waals surface area (Å²) in [4.78, 5) is 0. The minimum Gasteiger partial charge on any atom is -0.346 e. The van der Waals surface area contributed by atoms with Crippen LogP contribution in [0.5, 0.6) is 0 Å². The molecule has 1 aromatic carbocycles. The van der Waals surface area contributed by atoms with Crippen molar-refractivity contribution in [1.29, 1.82) is 0 Å². The highest BCUT2D eigenvalue weighted by molar-refractivity contribution is 6.36. The molecule has 0 aliphatic heterocycles. The number of hydrogen-bond donors (Lipinski definition) is 1. The van der Waals surface area contributed by atoms with Crippen molar-refractivity contribution >= 4 is 28.2 Å². The molecule has 2 rings (SSSR count). The highest BCUT2D eigenvalue weighted by Crippen LogP contribution is 2.30. The molecule has 0 spiro atoms. The van der Waals surface area contributed by atoms with Gasteiger partial charge in [-0.2, -0.15) is 0 Å². The number of rotatable bonds is 5. The van der Waals surface area contributed by atoms with E-state index in [4.69, 9.17) is 11.6 Å². The first-order valence-electron chi connectivity index (χ1n) is 6.33. The lowest BCUT2D eigenvalue weighted by molar-refractivity contribution is -0.252. The van der Waals surface area contributed by atoms with E-state index in [0.717, 1.165) is 22.6 Å². The van der Waals surface area contributed by atoms with Crippen molar-refractivity contribution in [3.8, 4) is 0 Å². The third kappa shape index (κ3) is 2.64. The Hall–Kier alpha value is -0.990. The van der Waals surface area contributed by atoms with Gasteiger partial charge in [-0.1, -0.05) is 43.9 Å². The van der Waals surface area contributed by atoms with Crippen LogP contribution in [0.15, 0.2) is 24.4 Å². The Morgan fingerprint density at radius 3 is 2.82 bits per heavy atom. The van der Waals surface area contributed by atoms with E-state index in [9.17, 15) is 0 Å². The molecule has 1 heterocycles. The summed E-state index contributed by atoms with van der Waals surface area (Å²) in [5.74, 6) is 0. The van der Waals surface area contributed by atoms with Crippen molar-refractivity contribution in [2.75, 3.05) is 0 Å². The van der Waals surface area contributed by atoms with Crippen molar-refractivity contribution in [3.63, 3.8) is 0 Å². The largest absolute Gasteiger partial charge is 0.346 e. The van der Waals surface area contributed by atoms with Crippen molar-refractivity contribution in [2.45, 2.75) is 39.2 Å². The number of unbranched alkanes of at least 4 members (excludes halogenated alkanes) is 3. The summed E-state index contributed by atoms with van der Waals surface area (Å²) in [6.45, 7) is 3.28. The first-order valence-corrected chi connectivity index (χ1v) is 6.71. The van der Waals surface area contributed by atoms with Crippen LogP contribution in [0.25, 0.3) is 10.9 Å². The van der Waals surface area contributed by atoms with Gasteiger partial charge in [-0.05, 0) is 18.6 Å². The molecule has 0 unspecified atom stereocenters. The van der Waals surface area contributed by atoms with Gasteiger partial charge < -0.3 is 10.3 Å². The summed E-state index contributed by atoms with van der Waals surface area (Å²) in [6, 6.07) is 6.18. The second-order valence-electron chi connectivity index (χ2n) is 4.54. The van der Waals surface area contributed by atoms with E-state index in [0.29, 0.717) is 0 Å². The monoisotopic (exact) mass is 251 g/mol. The molecular weight excluding hydrogens is 232 g/mol. The lowest BCUT2D eigenvalue weighted by Gasteiger charge is -2.04. The fourth-order valence-corrected chi connectivity index (χ4v) is 2.60. The van der Waals surface area contributed by atoms with Crippen LogP contribution < -0.4 is 5.73 Å². The number of quaternary nitrogens is 1. The van der Waals surface area contributed by atoms with E-state index in [2.05, 4.69) is 23.3 Å². The summed E-state index contributed by atoms with van der Waals surface area (Å²) in [5.41, 5.74) is 6.26. The van der Waals surface area contributed by atoms with Gasteiger partial charge in [0.15, 0.2) is 0 Å². The molecule has 0 aliphatic carbocycles. The van der Waals surface area contributed by atoms with Crippen LogP contribution >= 0.6 is 11.6 Å². The smallest absolute Gasteiger partial charge is 0.138 e. The van der Waals surface area contributed by atoms with Gasteiger partial charge in [-0.25, -0.2) is 0 Å². The first kappa shape index (κ1) is 12.5. The lowest BCUT2D eigenvalue weighted by atomic mass is 10.2. The zero-order valence-corrected chi connectivity index (χ0v) is 11.1. The predicted octanol–water partition coefficient (Wildman–Crippen LogP) is 3.75. The maximum atomic E-state index is 6.26. The summed E-state index contributed by atoms with van der Waals surface area (Å²) in [6.07, 6.45) is 7.13. The van der Waals surface area contributed by atoms with Crippen molar-refractivity contribution in [1.82, 2.24) is 4.57 Å². The Bertz CT molecular complexity index is 502. The minimum absolute atomic E-state index is 0.820. The second kappa shape index (κ2) is 5.56. The topological polar surface area (TPSA) is 32.6 Å². The van der Waals surface area contributed by atoms with Crippen molar-refractivity contribution in [2.24, 2.45) is 0 Å². The Morgan fingerprint density at radius 2 is 2.06 bits per heavy atom. The van der Waals surface area contributed by atoms with Gasteiger partial charge in [0.2, 0.25) is 0 Å². The number of fused-ring (bicyclic) bond motifs is 1. The van der Waals surface area contributed by atoms with E-state index < -0.39 is 0 Å². The lowest BCUT2D eigenvalue weighted by Crippen LogP contribution is -2.40. The number of aromatic nitrogens is 1. The fraction of sp³-hybridized carbons (Fsp3) is 0.429. The molecule has 0 atom stereocenters. The van der Waals surface area contributed by atoms with Crippen LogP contribution in [0.1, 0.15) is 32.6 Å². The van der Waals surface area contributed by atoms with Gasteiger partial charge in [0, 0.05) is 12.7 Å². The van der Waals surface area contributed by atoms with E-state index in [-0.39, 0.29) is 0 Å². The zero-order valence-electron chi connectivity index (χ0n) is 10.4. The van der Waals surface area contributed by atoms with E-state index in [1.54, 1.807) is 0 Å². The molecule has 0 saturated carbocycles. The van der Waals surface area contributed by atoms with Gasteiger partial charge in [-0.15, -0.1) is 0 Å². The molecule has 0 bridgehead atoms. The molecular formula is C14H20ClN2+. The van der Waals surface area contributed by atoms with Crippen LogP contribution in [0, 0.1) is 0 Å². The molecule has 0 fully saturated rings. The van der Waals surface area contributed by atoms with Gasteiger partial charge in [0.1, 0.15) is 5.69 Å². The molecule has 0 radical (unpaired) electrons. The van der Waals surface area contributed by atoms with Crippen LogP contribution in [0.4, 0.5) is 5.69 Å². The number of aryl methyl sites for hydroxylation is 1. The normalized spacial score (nSPS) is 11.2. The Balaban J connectivity index is 2.21. The van der Waals surface area contributed by atoms with Crippen LogP contribution in [-0.2, 0) is 6.54 Å². The average Bonchev–Trinajstić information content (AvgIpc) is 2.63. The van der Waals surface area contributed by atoms with Gasteiger partial charge >= 0.3 is 0 Å². The van der Waals surface area contributed by atoms with Crippen LogP contribution in [-0.4, -0.2) is 4.57 Å². The minimum atomic E-state index is 0.820. The Kier molecular flexibility index (Phi) is 4.08. The highest BCUT2D eigenvalue weighted by Gasteiger charge is 2.10. The number of hydrogen-bond acceptors (Lipinski definition) is 0. The third-order valence-corrected chi connectivity index (χ3v) is 3.49. The first-order chi connectivity index (χ1) is 8.24. The molecule has 3 N–H and O–H groups in total. The molecule has 0 saturated heterocycles. The van der Waals surface area contributed by atoms with E-state index in [1.165, 1.54) is 31.2 Å². The van der Waals surface area contributed by atoms with E-state index >= 15 is 0 Å². The Morgan fingerprint density at radius 1 is 1.24 bits per heavy atom. The maximum Gasteiger partial charge on any atom is 0.138 e. The molecule has 0 aliphatic rings. The molecule has 92 valence electrons. The molecule has 17 heavy (non-hydrogen) atoms. The molecule has 0 amide bonds. The van der Waals surface area contributed by atoms with Gasteiger partial charge in [0.05, 0.1) is 15.9 Å². The summed E-state index contributed by atoms with van der Waals surface area (Å²) in [5, 5.41) is 1.92. The molecule has 1 aromatic heterocycles. The second-order valence-corrected chi connectivity index (χ2v) is 4.95. The maximum absolute atomic E-state index is 6.26. The zero-order chi connectivity index (χ0) is 12.3. The fourth-order valence-electron chi connectivity index (χ4n) is 2.27. The van der Waals surface area contributed by atoms with E-state index in [1.807, 2.05) is 18.3 Å². The average molecular weight is 252 g/mol. The van der Waals surface area contributed by atoms with Crippen molar-refractivity contribution in [3.05, 3.63) is 29.4 Å². The quantitative estimate of drug-likeness (QED) is 0.786. The number of nitrogens with zero attached hydrogens (tertiary/aromatic N) is 1. The van der Waals surface area contributed by atoms with Gasteiger partial charge in [-0.3, -0.25) is 0 Å². The van der Waals surface area contributed by atoms with Crippen LogP contribution in [0.3, 0.4) is 0 Å². The molecule has 3 heteroatoms. The SMILES string of the molecule is CCCCCCn1cc(Cl)c2c([NH3+])cccc21. The highest BCUT2D eigenvalue weighted by atomic mass is 35.5. The predicted molar refractivity (Wildman–Crippen MR) is 73.6 cm³/mol. The van der Waals surface area contributed by atoms with Crippen molar-refractivity contribution < 1.29 is 5.73 Å². The van der Waals surface area contributed by atoms with Crippen LogP contribution in [0.2, 0.25) is 5.02 Å². The van der Waals surface area contributed by atoms with Gasteiger partial charge in [0.25, 0.3) is 0 Å². The summed E-state index contributed by atoms with van der Waals surface area (Å²) < 4.78 is 2.25. The summed E-state index contributed by atoms with van der Waals surface area (Å²) >= 11 is 6.26. The number of benzene rings is 1. The standard InChI is InChI=1S/C14H19ClN2/c1-2-3-4-5-9-17-10-11(15)14-12(16)7-6-8-13(14)17/h6-8,10H,2-5,9,16H2,1H3/p+1. The molecule has 2 aromatic rings. The molecule has 2 nitrogen and oxygen atoms in total. The number of halogens is 1. The summed E-state index contributed by atoms with van der Waals surface area (Å²) in [7, 11) is 0.